The summed E-state index contributed by atoms with van der Waals surface area (Å²) >= 11 is 0. The summed E-state index contributed by atoms with van der Waals surface area (Å²) in [5.41, 5.74) is 7.02. The number of rotatable bonds is 2. The zero-order valence-electron chi connectivity index (χ0n) is 13.8. The lowest BCUT2D eigenvalue weighted by Gasteiger charge is -2.48. The van der Waals surface area contributed by atoms with Gasteiger partial charge in [-0.1, -0.05) is 0 Å². The summed E-state index contributed by atoms with van der Waals surface area (Å²) in [4.78, 5) is 25.2. The Morgan fingerprint density at radius 3 is 2.61 bits per heavy atom. The number of nitrogens with zero attached hydrogens (tertiary/aromatic N) is 4. The highest BCUT2D eigenvalue weighted by atomic mass is 16.2. The summed E-state index contributed by atoms with van der Waals surface area (Å²) in [6, 6.07) is 2.55. The van der Waals surface area contributed by atoms with Crippen LogP contribution >= 0.6 is 0 Å². The largest absolute Gasteiger partial charge is 0.368 e. The number of aromatic nitrogens is 2. The molecule has 3 aliphatic rings. The quantitative estimate of drug-likeness (QED) is 0.899. The fourth-order valence-corrected chi connectivity index (χ4v) is 4.12. The Balaban J connectivity index is 1.45. The molecule has 1 aliphatic carbocycles. The van der Waals surface area contributed by atoms with Crippen molar-refractivity contribution in [3.8, 4) is 0 Å². The number of piperidine rings is 2. The van der Waals surface area contributed by atoms with Crippen LogP contribution in [0.2, 0.25) is 0 Å². The van der Waals surface area contributed by atoms with Crippen molar-refractivity contribution in [1.29, 1.82) is 0 Å². The van der Waals surface area contributed by atoms with Gasteiger partial charge >= 0.3 is 0 Å². The highest BCUT2D eigenvalue weighted by Crippen LogP contribution is 2.43. The first kappa shape index (κ1) is 14.7. The van der Waals surface area contributed by atoms with Crippen LogP contribution in [0.1, 0.15) is 44.2 Å². The first-order valence-corrected chi connectivity index (χ1v) is 8.70. The Morgan fingerprint density at radius 2 is 1.96 bits per heavy atom. The number of amides is 1. The first-order chi connectivity index (χ1) is 11.0. The topological polar surface area (TPSA) is 75.4 Å². The van der Waals surface area contributed by atoms with Crippen molar-refractivity contribution < 1.29 is 4.79 Å². The molecule has 4 rings (SSSR count). The fraction of sp³-hybridized carbons (Fsp3) is 0.706. The van der Waals surface area contributed by atoms with E-state index in [1.165, 1.54) is 12.8 Å². The molecule has 23 heavy (non-hydrogen) atoms. The Hall–Kier alpha value is -1.85. The Kier molecular flexibility index (Phi) is 3.43. The molecule has 6 heteroatoms. The number of hydrogen-bond acceptors (Lipinski definition) is 5. The van der Waals surface area contributed by atoms with Crippen molar-refractivity contribution in [3.05, 3.63) is 11.8 Å². The molecule has 0 bridgehead atoms. The molecule has 124 valence electrons. The minimum atomic E-state index is 0.320. The average Bonchev–Trinajstić information content (AvgIpc) is 3.34. The normalized spacial score (nSPS) is 24.3. The lowest BCUT2D eigenvalue weighted by molar-refractivity contribution is -0.139. The van der Waals surface area contributed by atoms with Gasteiger partial charge in [0.25, 0.3) is 0 Å². The molecule has 1 aromatic rings. The van der Waals surface area contributed by atoms with Crippen molar-refractivity contribution in [3.63, 3.8) is 0 Å². The molecule has 1 amide bonds. The summed E-state index contributed by atoms with van der Waals surface area (Å²) in [6.07, 6.45) is 6.45. The molecule has 0 unspecified atom stereocenters. The molecular weight excluding hydrogens is 290 g/mol. The summed E-state index contributed by atoms with van der Waals surface area (Å²) < 4.78 is 0. The van der Waals surface area contributed by atoms with E-state index in [4.69, 9.17) is 5.73 Å². The maximum Gasteiger partial charge on any atom is 0.222 e. The molecule has 2 N–H and O–H groups in total. The van der Waals surface area contributed by atoms with Crippen LogP contribution in [-0.2, 0) is 4.79 Å². The van der Waals surface area contributed by atoms with Gasteiger partial charge in [-0.15, -0.1) is 0 Å². The summed E-state index contributed by atoms with van der Waals surface area (Å²) in [6.45, 7) is 4.90. The van der Waals surface area contributed by atoms with Gasteiger partial charge in [0, 0.05) is 43.9 Å². The van der Waals surface area contributed by atoms with Gasteiger partial charge in [0.05, 0.1) is 0 Å². The van der Waals surface area contributed by atoms with Crippen LogP contribution in [0.25, 0.3) is 0 Å². The van der Waals surface area contributed by atoms with Crippen LogP contribution in [0.5, 0.6) is 0 Å². The monoisotopic (exact) mass is 315 g/mol. The average molecular weight is 315 g/mol. The van der Waals surface area contributed by atoms with Gasteiger partial charge in [0.1, 0.15) is 5.82 Å². The maximum absolute atomic E-state index is 12.1. The minimum Gasteiger partial charge on any atom is -0.368 e. The van der Waals surface area contributed by atoms with E-state index in [-0.39, 0.29) is 0 Å². The number of hydrogen-bond donors (Lipinski definition) is 1. The predicted octanol–water partition coefficient (Wildman–Crippen LogP) is 1.74. The number of carbonyl (C=O) groups excluding carboxylic acids is 1. The van der Waals surface area contributed by atoms with Gasteiger partial charge in [-0.2, -0.15) is 4.98 Å². The van der Waals surface area contributed by atoms with Gasteiger partial charge in [0.15, 0.2) is 0 Å². The van der Waals surface area contributed by atoms with E-state index in [1.807, 2.05) is 13.0 Å². The number of nitrogen functional groups attached to an aromatic ring is 1. The first-order valence-electron chi connectivity index (χ1n) is 8.70. The molecule has 2 saturated heterocycles. The van der Waals surface area contributed by atoms with Crippen molar-refractivity contribution in [1.82, 2.24) is 14.9 Å². The molecule has 1 spiro atoms. The van der Waals surface area contributed by atoms with Gasteiger partial charge in [-0.05, 0) is 44.4 Å². The highest BCUT2D eigenvalue weighted by Gasteiger charge is 2.45. The smallest absolute Gasteiger partial charge is 0.222 e. The van der Waals surface area contributed by atoms with Crippen molar-refractivity contribution in [2.75, 3.05) is 30.3 Å². The number of nitrogens with two attached hydrogens (primary N) is 1. The molecule has 1 saturated carbocycles. The Bertz CT molecular complexity index is 599. The molecule has 0 atom stereocenters. The van der Waals surface area contributed by atoms with E-state index in [9.17, 15) is 4.79 Å². The van der Waals surface area contributed by atoms with Crippen LogP contribution in [0.15, 0.2) is 6.07 Å². The van der Waals surface area contributed by atoms with Crippen LogP contribution < -0.4 is 10.6 Å². The molecule has 1 aromatic heterocycles. The van der Waals surface area contributed by atoms with Crippen LogP contribution in [0, 0.1) is 12.3 Å². The van der Waals surface area contributed by atoms with Crippen LogP contribution in [0.4, 0.5) is 11.8 Å². The van der Waals surface area contributed by atoms with E-state index < -0.39 is 0 Å². The third-order valence-electron chi connectivity index (χ3n) is 5.69. The van der Waals surface area contributed by atoms with E-state index >= 15 is 0 Å². The fourth-order valence-electron chi connectivity index (χ4n) is 4.12. The predicted molar refractivity (Wildman–Crippen MR) is 89.0 cm³/mol. The summed E-state index contributed by atoms with van der Waals surface area (Å²) in [7, 11) is 0. The standard InChI is InChI=1S/C17H25N5O/c1-12-10-14(20-16(18)19-12)21-8-6-17(7-9-21)5-4-15(23)22(11-17)13-2-3-13/h10,13H,2-9,11H2,1H3,(H2,18,19,20). The molecule has 0 radical (unpaired) electrons. The van der Waals surface area contributed by atoms with Gasteiger partial charge in [0.2, 0.25) is 11.9 Å². The molecule has 3 fully saturated rings. The number of likely N-dealkylation sites (tertiary alicyclic amines) is 1. The Morgan fingerprint density at radius 1 is 1.22 bits per heavy atom. The van der Waals surface area contributed by atoms with Gasteiger partial charge in [-0.25, -0.2) is 4.98 Å². The minimum absolute atomic E-state index is 0.320. The lowest BCUT2D eigenvalue weighted by Crippen LogP contribution is -2.52. The zero-order valence-corrected chi connectivity index (χ0v) is 13.8. The van der Waals surface area contributed by atoms with Crippen LogP contribution in [-0.4, -0.2) is 46.5 Å². The maximum atomic E-state index is 12.1. The summed E-state index contributed by atoms with van der Waals surface area (Å²) in [5.74, 6) is 1.67. The van der Waals surface area contributed by atoms with Crippen molar-refractivity contribution in [2.45, 2.75) is 51.5 Å². The molecular formula is C17H25N5O. The van der Waals surface area contributed by atoms with E-state index in [2.05, 4.69) is 19.8 Å². The molecule has 3 heterocycles. The van der Waals surface area contributed by atoms with E-state index in [0.29, 0.717) is 23.3 Å². The Labute approximate surface area is 137 Å². The third kappa shape index (κ3) is 2.86. The third-order valence-corrected chi connectivity index (χ3v) is 5.69. The summed E-state index contributed by atoms with van der Waals surface area (Å²) in [5, 5.41) is 0. The number of aryl methyl sites for hydroxylation is 1. The van der Waals surface area contributed by atoms with Gasteiger partial charge in [-0.3, -0.25) is 4.79 Å². The lowest BCUT2D eigenvalue weighted by atomic mass is 9.72. The zero-order chi connectivity index (χ0) is 16.0. The van der Waals surface area contributed by atoms with Crippen molar-refractivity contribution in [2.24, 2.45) is 5.41 Å². The second-order valence-electron chi connectivity index (χ2n) is 7.47. The second kappa shape index (κ2) is 5.35. The van der Waals surface area contributed by atoms with E-state index in [1.54, 1.807) is 0 Å². The second-order valence-corrected chi connectivity index (χ2v) is 7.47. The molecule has 2 aliphatic heterocycles. The number of carbonyl (C=O) groups is 1. The van der Waals surface area contributed by atoms with Crippen molar-refractivity contribution >= 4 is 17.7 Å². The highest BCUT2D eigenvalue weighted by molar-refractivity contribution is 5.78. The molecule has 6 nitrogen and oxygen atoms in total. The van der Waals surface area contributed by atoms with Gasteiger partial charge < -0.3 is 15.5 Å². The molecule has 0 aromatic carbocycles. The van der Waals surface area contributed by atoms with Crippen LogP contribution in [0.3, 0.4) is 0 Å². The number of anilines is 2. The van der Waals surface area contributed by atoms with E-state index in [0.717, 1.165) is 56.8 Å². The SMILES string of the molecule is Cc1cc(N2CCC3(CCC(=O)N(C4CC4)C3)CC2)nc(N)n1.